The molecule has 1 fully saturated rings. The molecule has 19 heavy (non-hydrogen) atoms. The number of carbonyl (C=O) groups is 1. The number of hydrogen-bond donors (Lipinski definition) is 3. The van der Waals surface area contributed by atoms with Crippen LogP contribution < -0.4 is 16.4 Å². The number of amides is 2. The van der Waals surface area contributed by atoms with Crippen LogP contribution in [-0.4, -0.2) is 16.2 Å². The molecule has 1 heterocycles. The predicted molar refractivity (Wildman–Crippen MR) is 73.1 cm³/mol. The van der Waals surface area contributed by atoms with E-state index in [2.05, 4.69) is 10.2 Å². The monoisotopic (exact) mass is 257 g/mol. The van der Waals surface area contributed by atoms with E-state index in [0.29, 0.717) is 23.1 Å². The molecule has 0 radical (unpaired) electrons. The lowest BCUT2D eigenvalue weighted by Crippen LogP contribution is -2.31. The summed E-state index contributed by atoms with van der Waals surface area (Å²) in [6, 6.07) is 8.26. The standard InChI is InChI=1S/C13H15N5O/c14-9-3-5-10(6-4-9)18(13(15)19)12-7-11(16-17-12)8-1-2-8/h3-8H,1-2,14H2,(H2,15,19)(H,16,17). The quantitative estimate of drug-likeness (QED) is 0.734. The number of benzene rings is 1. The molecule has 0 unspecified atom stereocenters. The Labute approximate surface area is 110 Å². The van der Waals surface area contributed by atoms with Crippen molar-refractivity contribution in [3.8, 4) is 0 Å². The van der Waals surface area contributed by atoms with Crippen molar-refractivity contribution in [2.75, 3.05) is 10.6 Å². The van der Waals surface area contributed by atoms with Gasteiger partial charge in [0.15, 0.2) is 0 Å². The second-order valence-electron chi connectivity index (χ2n) is 4.72. The number of nitrogens with zero attached hydrogens (tertiary/aromatic N) is 2. The van der Waals surface area contributed by atoms with Crippen molar-refractivity contribution in [2.24, 2.45) is 5.73 Å². The largest absolute Gasteiger partial charge is 0.399 e. The van der Waals surface area contributed by atoms with Gasteiger partial charge in [0.1, 0.15) is 5.82 Å². The third-order valence-electron chi connectivity index (χ3n) is 3.19. The molecule has 1 saturated carbocycles. The molecule has 2 amide bonds. The van der Waals surface area contributed by atoms with Crippen molar-refractivity contribution >= 4 is 23.2 Å². The Kier molecular flexibility index (Phi) is 2.63. The lowest BCUT2D eigenvalue weighted by Gasteiger charge is -2.18. The topological polar surface area (TPSA) is 101 Å². The fourth-order valence-corrected chi connectivity index (χ4v) is 2.04. The second kappa shape index (κ2) is 4.31. The maximum atomic E-state index is 11.6. The van der Waals surface area contributed by atoms with Gasteiger partial charge in [0.25, 0.3) is 0 Å². The molecule has 1 aromatic carbocycles. The molecule has 0 bridgehead atoms. The number of nitrogens with two attached hydrogens (primary N) is 2. The summed E-state index contributed by atoms with van der Waals surface area (Å²) in [5.41, 5.74) is 13.4. The van der Waals surface area contributed by atoms with Crippen LogP contribution in [0.2, 0.25) is 0 Å². The molecule has 1 aliphatic rings. The van der Waals surface area contributed by atoms with Gasteiger partial charge < -0.3 is 11.5 Å². The number of urea groups is 1. The van der Waals surface area contributed by atoms with Crippen LogP contribution in [0.5, 0.6) is 0 Å². The highest BCUT2D eigenvalue weighted by Gasteiger charge is 2.27. The Bertz CT molecular complexity index is 600. The first kappa shape index (κ1) is 11.6. The zero-order valence-electron chi connectivity index (χ0n) is 10.3. The Balaban J connectivity index is 1.95. The van der Waals surface area contributed by atoms with E-state index in [-0.39, 0.29) is 0 Å². The number of anilines is 3. The average molecular weight is 257 g/mol. The number of H-pyrrole nitrogens is 1. The maximum absolute atomic E-state index is 11.6. The average Bonchev–Trinajstić information content (AvgIpc) is 3.12. The highest BCUT2D eigenvalue weighted by Crippen LogP contribution is 2.40. The van der Waals surface area contributed by atoms with Gasteiger partial charge in [0.2, 0.25) is 0 Å². The number of aromatic nitrogens is 2. The van der Waals surface area contributed by atoms with E-state index in [1.807, 2.05) is 6.07 Å². The Morgan fingerprint density at radius 3 is 2.58 bits per heavy atom. The van der Waals surface area contributed by atoms with Gasteiger partial charge in [-0.05, 0) is 37.1 Å². The van der Waals surface area contributed by atoms with Crippen LogP contribution in [0.25, 0.3) is 0 Å². The van der Waals surface area contributed by atoms with Crippen molar-refractivity contribution in [3.63, 3.8) is 0 Å². The van der Waals surface area contributed by atoms with E-state index in [0.717, 1.165) is 18.5 Å². The summed E-state index contributed by atoms with van der Waals surface area (Å²) < 4.78 is 0. The Morgan fingerprint density at radius 2 is 2.00 bits per heavy atom. The molecule has 98 valence electrons. The summed E-state index contributed by atoms with van der Waals surface area (Å²) in [7, 11) is 0. The smallest absolute Gasteiger partial charge is 0.325 e. The summed E-state index contributed by atoms with van der Waals surface area (Å²) in [6.07, 6.45) is 2.31. The number of nitrogens with one attached hydrogen (secondary N) is 1. The van der Waals surface area contributed by atoms with Gasteiger partial charge in [-0.2, -0.15) is 5.10 Å². The van der Waals surface area contributed by atoms with Gasteiger partial charge in [0.05, 0.1) is 11.4 Å². The molecule has 0 atom stereocenters. The fourth-order valence-electron chi connectivity index (χ4n) is 2.04. The van der Waals surface area contributed by atoms with Crippen LogP contribution in [0.3, 0.4) is 0 Å². The summed E-state index contributed by atoms with van der Waals surface area (Å²) in [5, 5.41) is 7.09. The van der Waals surface area contributed by atoms with Gasteiger partial charge >= 0.3 is 6.03 Å². The number of aromatic amines is 1. The van der Waals surface area contributed by atoms with E-state index in [4.69, 9.17) is 11.5 Å². The Hall–Kier alpha value is -2.50. The molecule has 0 spiro atoms. The third-order valence-corrected chi connectivity index (χ3v) is 3.19. The minimum atomic E-state index is -0.559. The minimum absolute atomic E-state index is 0.520. The van der Waals surface area contributed by atoms with E-state index in [1.165, 1.54) is 4.90 Å². The van der Waals surface area contributed by atoms with Crippen LogP contribution in [0.1, 0.15) is 24.5 Å². The number of hydrogen-bond acceptors (Lipinski definition) is 3. The normalized spacial score (nSPS) is 14.3. The van der Waals surface area contributed by atoms with Gasteiger partial charge in [-0.25, -0.2) is 9.69 Å². The molecule has 0 aliphatic heterocycles. The second-order valence-corrected chi connectivity index (χ2v) is 4.72. The van der Waals surface area contributed by atoms with Gasteiger partial charge in [0, 0.05) is 17.7 Å². The first-order chi connectivity index (χ1) is 9.15. The molecule has 5 N–H and O–H groups in total. The van der Waals surface area contributed by atoms with Crippen molar-refractivity contribution in [2.45, 2.75) is 18.8 Å². The van der Waals surface area contributed by atoms with Crippen molar-refractivity contribution in [3.05, 3.63) is 36.0 Å². The van der Waals surface area contributed by atoms with Crippen LogP contribution in [0.15, 0.2) is 30.3 Å². The minimum Gasteiger partial charge on any atom is -0.399 e. The van der Waals surface area contributed by atoms with Gasteiger partial charge in [-0.3, -0.25) is 5.10 Å². The SMILES string of the molecule is NC(=O)N(c1ccc(N)cc1)c1cc(C2CC2)n[nH]1. The number of carbonyl (C=O) groups excluding carboxylic acids is 1. The van der Waals surface area contributed by atoms with Gasteiger partial charge in [-0.1, -0.05) is 0 Å². The molecule has 2 aromatic rings. The van der Waals surface area contributed by atoms with Gasteiger partial charge in [-0.15, -0.1) is 0 Å². The lowest BCUT2D eigenvalue weighted by atomic mass is 10.2. The lowest BCUT2D eigenvalue weighted by molar-refractivity contribution is 0.256. The van der Waals surface area contributed by atoms with Crippen molar-refractivity contribution in [1.82, 2.24) is 10.2 Å². The maximum Gasteiger partial charge on any atom is 0.325 e. The number of nitrogen functional groups attached to an aromatic ring is 1. The van der Waals surface area contributed by atoms with Crippen LogP contribution in [0.4, 0.5) is 22.0 Å². The highest BCUT2D eigenvalue weighted by molar-refractivity contribution is 5.97. The predicted octanol–water partition coefficient (Wildman–Crippen LogP) is 2.09. The van der Waals surface area contributed by atoms with Crippen molar-refractivity contribution in [1.29, 1.82) is 0 Å². The molecular formula is C13H15N5O. The molecule has 6 nitrogen and oxygen atoms in total. The van der Waals surface area contributed by atoms with E-state index < -0.39 is 6.03 Å². The van der Waals surface area contributed by atoms with Crippen LogP contribution in [-0.2, 0) is 0 Å². The van der Waals surface area contributed by atoms with Crippen LogP contribution in [0, 0.1) is 0 Å². The summed E-state index contributed by atoms with van der Waals surface area (Å²) in [4.78, 5) is 13.0. The fraction of sp³-hybridized carbons (Fsp3) is 0.231. The Morgan fingerprint density at radius 1 is 1.32 bits per heavy atom. The molecule has 0 saturated heterocycles. The van der Waals surface area contributed by atoms with E-state index >= 15 is 0 Å². The van der Waals surface area contributed by atoms with Crippen LogP contribution >= 0.6 is 0 Å². The summed E-state index contributed by atoms with van der Waals surface area (Å²) >= 11 is 0. The third kappa shape index (κ3) is 2.24. The number of rotatable bonds is 3. The first-order valence-corrected chi connectivity index (χ1v) is 6.15. The van der Waals surface area contributed by atoms with E-state index in [1.54, 1.807) is 24.3 Å². The molecular weight excluding hydrogens is 242 g/mol. The zero-order valence-corrected chi connectivity index (χ0v) is 10.3. The zero-order chi connectivity index (χ0) is 13.4. The number of primary amides is 1. The molecule has 1 aliphatic carbocycles. The molecule has 1 aromatic heterocycles. The summed E-state index contributed by atoms with van der Waals surface area (Å²) in [6.45, 7) is 0. The molecule has 3 rings (SSSR count). The molecule has 6 heteroatoms. The first-order valence-electron chi connectivity index (χ1n) is 6.15. The summed E-state index contributed by atoms with van der Waals surface area (Å²) in [5.74, 6) is 1.10. The van der Waals surface area contributed by atoms with E-state index in [9.17, 15) is 4.79 Å². The van der Waals surface area contributed by atoms with Crippen molar-refractivity contribution < 1.29 is 4.79 Å². The highest BCUT2D eigenvalue weighted by atomic mass is 16.2.